The van der Waals surface area contributed by atoms with Gasteiger partial charge < -0.3 is 19.1 Å². The number of para-hydroxylation sites is 4. The molecule has 126 valence electrons. The minimum absolute atomic E-state index is 0.562. The van der Waals surface area contributed by atoms with E-state index in [1.54, 1.807) is 14.0 Å². The number of aliphatic hydroxyl groups is 1. The van der Waals surface area contributed by atoms with Gasteiger partial charge in [0.15, 0.2) is 11.5 Å². The maximum absolute atomic E-state index is 9.98. The van der Waals surface area contributed by atoms with Crippen LogP contribution >= 0.6 is 0 Å². The smallest absolute Gasteiger partial charge is 0.161 e. The molecular formula is C19H22N2O3. The minimum atomic E-state index is -0.604. The molecule has 1 atom stereocenters. The maximum Gasteiger partial charge on any atom is 0.161 e. The standard InChI is InChI=1S/C19H22N2O3/c1-14(22)19-20-15-8-3-4-9-16(15)21(19)12-7-13-24-18-11-6-5-10-17(18)23-2/h3-6,8-11,14,22H,7,12-13H2,1-2H3/t14-/m1/s1. The van der Waals surface area contributed by atoms with E-state index in [1.165, 1.54) is 0 Å². The molecule has 1 aromatic heterocycles. The fraction of sp³-hybridized carbons (Fsp3) is 0.316. The first-order chi connectivity index (χ1) is 11.7. The first-order valence-corrected chi connectivity index (χ1v) is 8.09. The van der Waals surface area contributed by atoms with Crippen LogP contribution < -0.4 is 9.47 Å². The highest BCUT2D eigenvalue weighted by atomic mass is 16.5. The lowest BCUT2D eigenvalue weighted by Gasteiger charge is -2.13. The van der Waals surface area contributed by atoms with E-state index in [-0.39, 0.29) is 0 Å². The third-order valence-corrected chi connectivity index (χ3v) is 3.91. The normalized spacial score (nSPS) is 12.3. The molecule has 0 aliphatic rings. The van der Waals surface area contributed by atoms with Crippen LogP contribution in [0.4, 0.5) is 0 Å². The minimum Gasteiger partial charge on any atom is -0.493 e. The molecule has 2 aromatic carbocycles. The highest BCUT2D eigenvalue weighted by Gasteiger charge is 2.14. The molecule has 0 unspecified atom stereocenters. The summed E-state index contributed by atoms with van der Waals surface area (Å²) in [6, 6.07) is 15.5. The molecule has 5 heteroatoms. The number of ether oxygens (including phenoxy) is 2. The van der Waals surface area contributed by atoms with Crippen molar-refractivity contribution in [2.24, 2.45) is 0 Å². The molecule has 3 rings (SSSR count). The number of fused-ring (bicyclic) bond motifs is 1. The van der Waals surface area contributed by atoms with Gasteiger partial charge >= 0.3 is 0 Å². The van der Waals surface area contributed by atoms with Crippen molar-refractivity contribution in [3.8, 4) is 11.5 Å². The lowest BCUT2D eigenvalue weighted by atomic mass is 10.3. The number of aliphatic hydroxyl groups excluding tert-OH is 1. The van der Waals surface area contributed by atoms with E-state index in [0.717, 1.165) is 35.5 Å². The highest BCUT2D eigenvalue weighted by molar-refractivity contribution is 5.75. The maximum atomic E-state index is 9.98. The van der Waals surface area contributed by atoms with E-state index >= 15 is 0 Å². The van der Waals surface area contributed by atoms with Gasteiger partial charge in [-0.2, -0.15) is 0 Å². The zero-order valence-electron chi connectivity index (χ0n) is 14.0. The fourth-order valence-corrected chi connectivity index (χ4v) is 2.79. The number of aromatic nitrogens is 2. The quantitative estimate of drug-likeness (QED) is 0.674. The predicted molar refractivity (Wildman–Crippen MR) is 93.5 cm³/mol. The van der Waals surface area contributed by atoms with Gasteiger partial charge in [-0.15, -0.1) is 0 Å². The van der Waals surface area contributed by atoms with Gasteiger partial charge in [-0.3, -0.25) is 0 Å². The van der Waals surface area contributed by atoms with Crippen molar-refractivity contribution in [2.45, 2.75) is 26.0 Å². The van der Waals surface area contributed by atoms with Crippen molar-refractivity contribution in [1.29, 1.82) is 0 Å². The predicted octanol–water partition coefficient (Wildman–Crippen LogP) is 3.57. The molecule has 1 heterocycles. The summed E-state index contributed by atoms with van der Waals surface area (Å²) in [4.78, 5) is 4.53. The number of methoxy groups -OCH3 is 1. The molecule has 0 aliphatic heterocycles. The second-order valence-electron chi connectivity index (χ2n) is 5.64. The molecule has 0 spiro atoms. The molecule has 0 fully saturated rings. The van der Waals surface area contributed by atoms with Crippen LogP contribution in [0.15, 0.2) is 48.5 Å². The molecule has 0 aliphatic carbocycles. The Morgan fingerprint density at radius 2 is 1.79 bits per heavy atom. The van der Waals surface area contributed by atoms with Crippen LogP contribution in [0.5, 0.6) is 11.5 Å². The van der Waals surface area contributed by atoms with Gasteiger partial charge in [-0.05, 0) is 37.6 Å². The van der Waals surface area contributed by atoms with Crippen LogP contribution in [0.2, 0.25) is 0 Å². The molecule has 0 amide bonds. The number of hydrogen-bond donors (Lipinski definition) is 1. The zero-order chi connectivity index (χ0) is 16.9. The Morgan fingerprint density at radius 1 is 1.08 bits per heavy atom. The van der Waals surface area contributed by atoms with E-state index in [4.69, 9.17) is 9.47 Å². The van der Waals surface area contributed by atoms with Gasteiger partial charge in [0.25, 0.3) is 0 Å². The molecule has 5 nitrogen and oxygen atoms in total. The zero-order valence-corrected chi connectivity index (χ0v) is 14.0. The highest BCUT2D eigenvalue weighted by Crippen LogP contribution is 2.26. The number of imidazole rings is 1. The van der Waals surface area contributed by atoms with Crippen molar-refractivity contribution < 1.29 is 14.6 Å². The van der Waals surface area contributed by atoms with Gasteiger partial charge in [0, 0.05) is 6.54 Å². The lowest BCUT2D eigenvalue weighted by Crippen LogP contribution is -2.10. The van der Waals surface area contributed by atoms with E-state index in [2.05, 4.69) is 9.55 Å². The third-order valence-electron chi connectivity index (χ3n) is 3.91. The van der Waals surface area contributed by atoms with Crippen LogP contribution in [-0.2, 0) is 6.54 Å². The molecule has 3 aromatic rings. The Kier molecular flexibility index (Phi) is 5.01. The SMILES string of the molecule is COc1ccccc1OCCCn1c([C@@H](C)O)nc2ccccc21. The summed E-state index contributed by atoms with van der Waals surface area (Å²) in [5, 5.41) is 9.98. The van der Waals surface area contributed by atoms with Gasteiger partial charge in [-0.1, -0.05) is 24.3 Å². The second-order valence-corrected chi connectivity index (χ2v) is 5.64. The van der Waals surface area contributed by atoms with Crippen LogP contribution in [0.1, 0.15) is 25.3 Å². The molecule has 0 saturated carbocycles. The molecule has 24 heavy (non-hydrogen) atoms. The van der Waals surface area contributed by atoms with Crippen LogP contribution in [0.25, 0.3) is 11.0 Å². The summed E-state index contributed by atoms with van der Waals surface area (Å²) in [5.74, 6) is 2.16. The molecule has 0 bridgehead atoms. The Morgan fingerprint density at radius 3 is 2.54 bits per heavy atom. The van der Waals surface area contributed by atoms with Crippen molar-refractivity contribution in [2.75, 3.05) is 13.7 Å². The number of aryl methyl sites for hydroxylation is 1. The summed E-state index contributed by atoms with van der Waals surface area (Å²) in [7, 11) is 1.63. The average Bonchev–Trinajstić information content (AvgIpc) is 2.98. The third kappa shape index (κ3) is 3.36. The van der Waals surface area contributed by atoms with Crippen molar-refractivity contribution in [3.63, 3.8) is 0 Å². The Balaban J connectivity index is 1.68. The summed E-state index contributed by atoms with van der Waals surface area (Å²) < 4.78 is 13.2. The number of nitrogens with zero attached hydrogens (tertiary/aromatic N) is 2. The summed E-state index contributed by atoms with van der Waals surface area (Å²) in [5.41, 5.74) is 1.93. The number of hydrogen-bond acceptors (Lipinski definition) is 4. The summed E-state index contributed by atoms with van der Waals surface area (Å²) >= 11 is 0. The Bertz CT molecular complexity index is 811. The lowest BCUT2D eigenvalue weighted by molar-refractivity contribution is 0.183. The molecule has 0 radical (unpaired) electrons. The fourth-order valence-electron chi connectivity index (χ4n) is 2.79. The average molecular weight is 326 g/mol. The van der Waals surface area contributed by atoms with Crippen LogP contribution in [0.3, 0.4) is 0 Å². The summed E-state index contributed by atoms with van der Waals surface area (Å²) in [6.07, 6.45) is 0.200. The van der Waals surface area contributed by atoms with E-state index in [1.807, 2.05) is 48.5 Å². The molecule has 0 saturated heterocycles. The Labute approximate surface area is 141 Å². The van der Waals surface area contributed by atoms with Crippen LogP contribution in [0, 0.1) is 0 Å². The number of benzene rings is 2. The van der Waals surface area contributed by atoms with Crippen molar-refractivity contribution >= 4 is 11.0 Å². The van der Waals surface area contributed by atoms with E-state index < -0.39 is 6.10 Å². The van der Waals surface area contributed by atoms with E-state index in [0.29, 0.717) is 12.4 Å². The molecule has 1 N–H and O–H groups in total. The monoisotopic (exact) mass is 326 g/mol. The van der Waals surface area contributed by atoms with Gasteiger partial charge in [0.05, 0.1) is 24.8 Å². The largest absolute Gasteiger partial charge is 0.493 e. The van der Waals surface area contributed by atoms with Crippen molar-refractivity contribution in [3.05, 3.63) is 54.4 Å². The first-order valence-electron chi connectivity index (χ1n) is 8.09. The van der Waals surface area contributed by atoms with E-state index in [9.17, 15) is 5.11 Å². The molecular weight excluding hydrogens is 304 g/mol. The van der Waals surface area contributed by atoms with Crippen LogP contribution in [-0.4, -0.2) is 28.4 Å². The summed E-state index contributed by atoms with van der Waals surface area (Å²) in [6.45, 7) is 3.03. The Hall–Kier alpha value is -2.53. The first kappa shape index (κ1) is 16.3. The van der Waals surface area contributed by atoms with Gasteiger partial charge in [0.1, 0.15) is 11.9 Å². The van der Waals surface area contributed by atoms with Crippen molar-refractivity contribution in [1.82, 2.24) is 9.55 Å². The van der Waals surface area contributed by atoms with Gasteiger partial charge in [-0.25, -0.2) is 4.98 Å². The van der Waals surface area contributed by atoms with Gasteiger partial charge in [0.2, 0.25) is 0 Å². The number of rotatable bonds is 7. The second kappa shape index (κ2) is 7.36. The topological polar surface area (TPSA) is 56.5 Å².